The molecule has 0 aliphatic heterocycles. The maximum absolute atomic E-state index is 7.59. The molecule has 8 heteroatoms. The van der Waals surface area contributed by atoms with E-state index in [-0.39, 0.29) is 26.1 Å². The Kier molecular flexibility index (Phi) is 5.75. The van der Waals surface area contributed by atoms with Crippen LogP contribution in [0.4, 0.5) is 5.95 Å². The van der Waals surface area contributed by atoms with Crippen LogP contribution in [0.2, 0.25) is 0 Å². The van der Waals surface area contributed by atoms with Crippen molar-refractivity contribution in [3.63, 3.8) is 0 Å². The molecule has 0 aliphatic rings. The average molecular weight is 600 g/mol. The molecule has 2 aromatic carbocycles. The van der Waals surface area contributed by atoms with Crippen LogP contribution in [0, 0.1) is 26.5 Å². The largest absolute Gasteiger partial charge is 0.396 e. The third kappa shape index (κ3) is 3.68. The van der Waals surface area contributed by atoms with Gasteiger partial charge in [0.1, 0.15) is 11.5 Å². The van der Waals surface area contributed by atoms with E-state index in [4.69, 9.17) is 6.57 Å². The van der Waals surface area contributed by atoms with Gasteiger partial charge in [0.2, 0.25) is 0 Å². The zero-order valence-corrected chi connectivity index (χ0v) is 19.8. The SMILES string of the molecule is [C-]#[N+]c1nnc(-c2[c-]cc3scnc3n2)n1-c1c(C)cc(-c2ccccc2)cc1C.[Ir]. The van der Waals surface area contributed by atoms with Crippen LogP contribution in [0.3, 0.4) is 0 Å². The van der Waals surface area contributed by atoms with Gasteiger partial charge in [0.05, 0.1) is 11.2 Å². The molecule has 5 aromatic rings. The first-order valence-electron chi connectivity index (χ1n) is 9.28. The van der Waals surface area contributed by atoms with Gasteiger partial charge in [-0.3, -0.25) is 9.55 Å². The molecule has 3 aromatic heterocycles. The van der Waals surface area contributed by atoms with Crippen LogP contribution in [0.1, 0.15) is 11.1 Å². The summed E-state index contributed by atoms with van der Waals surface area (Å²) in [4.78, 5) is 12.5. The number of pyridine rings is 1. The van der Waals surface area contributed by atoms with Crippen molar-refractivity contribution >= 4 is 27.6 Å². The monoisotopic (exact) mass is 600 g/mol. The van der Waals surface area contributed by atoms with E-state index >= 15 is 0 Å². The topological polar surface area (TPSA) is 60.9 Å². The van der Waals surface area contributed by atoms with Crippen LogP contribution in [-0.4, -0.2) is 24.7 Å². The second-order valence-corrected chi connectivity index (χ2v) is 7.77. The van der Waals surface area contributed by atoms with Gasteiger partial charge in [0, 0.05) is 25.8 Å². The minimum atomic E-state index is 0. The zero-order chi connectivity index (χ0) is 20.7. The number of hydrogen-bond donors (Lipinski definition) is 0. The maximum Gasteiger partial charge on any atom is 0.354 e. The fourth-order valence-corrected chi connectivity index (χ4v) is 4.23. The number of aryl methyl sites for hydroxylation is 2. The number of thiazole rings is 1. The van der Waals surface area contributed by atoms with Gasteiger partial charge in [-0.25, -0.2) is 4.98 Å². The van der Waals surface area contributed by atoms with Gasteiger partial charge < -0.3 is 4.85 Å². The van der Waals surface area contributed by atoms with Gasteiger partial charge in [-0.15, -0.1) is 17.7 Å². The molecule has 153 valence electrons. The third-order valence-corrected chi connectivity index (χ3v) is 5.68. The quantitative estimate of drug-likeness (QED) is 0.255. The molecule has 31 heavy (non-hydrogen) atoms. The van der Waals surface area contributed by atoms with Crippen LogP contribution in [-0.2, 0) is 20.1 Å². The van der Waals surface area contributed by atoms with E-state index in [2.05, 4.69) is 55.3 Å². The van der Waals surface area contributed by atoms with Gasteiger partial charge in [-0.05, 0) is 58.0 Å². The molecular formula is C23H15IrN6S-. The first-order chi connectivity index (χ1) is 14.7. The van der Waals surface area contributed by atoms with Crippen LogP contribution >= 0.6 is 11.3 Å². The first kappa shape index (κ1) is 21.0. The van der Waals surface area contributed by atoms with E-state index in [1.807, 2.05) is 38.1 Å². The van der Waals surface area contributed by atoms with E-state index in [1.165, 1.54) is 11.3 Å². The summed E-state index contributed by atoms with van der Waals surface area (Å²) in [7, 11) is 0. The minimum absolute atomic E-state index is 0. The summed E-state index contributed by atoms with van der Waals surface area (Å²) in [6, 6.07) is 19.5. The molecule has 5 rings (SSSR count). The van der Waals surface area contributed by atoms with Crippen molar-refractivity contribution < 1.29 is 20.1 Å². The van der Waals surface area contributed by atoms with E-state index in [0.29, 0.717) is 17.2 Å². The number of rotatable bonds is 3. The molecule has 0 unspecified atom stereocenters. The van der Waals surface area contributed by atoms with E-state index in [9.17, 15) is 0 Å². The second-order valence-electron chi connectivity index (χ2n) is 6.88. The smallest absolute Gasteiger partial charge is 0.354 e. The van der Waals surface area contributed by atoms with E-state index in [1.54, 1.807) is 10.1 Å². The molecule has 0 amide bonds. The van der Waals surface area contributed by atoms with Crippen LogP contribution in [0.25, 0.3) is 43.5 Å². The van der Waals surface area contributed by atoms with Crippen molar-refractivity contribution in [3.05, 3.63) is 82.7 Å². The predicted octanol–water partition coefficient (Wildman–Crippen LogP) is 5.57. The summed E-state index contributed by atoms with van der Waals surface area (Å²) >= 11 is 1.51. The van der Waals surface area contributed by atoms with Crippen molar-refractivity contribution in [3.8, 4) is 28.3 Å². The molecule has 0 spiro atoms. The van der Waals surface area contributed by atoms with Crippen molar-refractivity contribution in [1.29, 1.82) is 0 Å². The van der Waals surface area contributed by atoms with E-state index < -0.39 is 0 Å². The molecule has 0 bridgehead atoms. The molecule has 0 fully saturated rings. The van der Waals surface area contributed by atoms with Crippen molar-refractivity contribution in [2.24, 2.45) is 0 Å². The fraction of sp³-hybridized carbons (Fsp3) is 0.0870. The normalized spacial score (nSPS) is 10.6. The Morgan fingerprint density at radius 3 is 2.48 bits per heavy atom. The summed E-state index contributed by atoms with van der Waals surface area (Å²) < 4.78 is 2.72. The van der Waals surface area contributed by atoms with Gasteiger partial charge in [-0.2, -0.15) is 17.4 Å². The van der Waals surface area contributed by atoms with Gasteiger partial charge in [0.25, 0.3) is 0 Å². The summed E-state index contributed by atoms with van der Waals surface area (Å²) in [6.07, 6.45) is 0. The Labute approximate surface area is 196 Å². The Morgan fingerprint density at radius 1 is 1.03 bits per heavy atom. The summed E-state index contributed by atoms with van der Waals surface area (Å²) in [6.45, 7) is 11.7. The fourth-order valence-electron chi connectivity index (χ4n) is 3.63. The summed E-state index contributed by atoms with van der Waals surface area (Å²) in [5.74, 6) is 0.673. The molecule has 0 saturated carbocycles. The van der Waals surface area contributed by atoms with Gasteiger partial charge in [-0.1, -0.05) is 30.3 Å². The number of fused-ring (bicyclic) bond motifs is 1. The van der Waals surface area contributed by atoms with Crippen LogP contribution in [0.5, 0.6) is 0 Å². The molecule has 1 radical (unpaired) electrons. The Hall–Kier alpha value is -3.24. The molecular weight excluding hydrogens is 585 g/mol. The van der Waals surface area contributed by atoms with E-state index in [0.717, 1.165) is 32.6 Å². The second kappa shape index (κ2) is 8.48. The van der Waals surface area contributed by atoms with Gasteiger partial charge in [0.15, 0.2) is 0 Å². The Morgan fingerprint density at radius 2 is 1.77 bits per heavy atom. The molecule has 0 N–H and O–H groups in total. The third-order valence-electron chi connectivity index (χ3n) is 4.91. The Balaban J connectivity index is 0.00000231. The van der Waals surface area contributed by atoms with Crippen molar-refractivity contribution in [2.45, 2.75) is 13.8 Å². The molecule has 0 atom stereocenters. The zero-order valence-electron chi connectivity index (χ0n) is 16.6. The predicted molar refractivity (Wildman–Crippen MR) is 118 cm³/mol. The van der Waals surface area contributed by atoms with Crippen molar-refractivity contribution in [1.82, 2.24) is 24.7 Å². The Bertz CT molecular complexity index is 1410. The number of nitrogens with zero attached hydrogens (tertiary/aromatic N) is 6. The molecule has 6 nitrogen and oxygen atoms in total. The first-order valence-corrected chi connectivity index (χ1v) is 10.2. The van der Waals surface area contributed by atoms with Crippen LogP contribution < -0.4 is 0 Å². The standard InChI is InChI=1S/C23H15N6S.Ir/c1-14-11-17(16-7-5-4-6-8-16)12-15(2)20(14)29-22(27-28-23(29)24-3)18-9-10-19-21(26-18)25-13-30-19;/h4-8,10-13H,1-2H3;/q-1;. The van der Waals surface area contributed by atoms with Gasteiger partial charge >= 0.3 is 5.95 Å². The number of hydrogen-bond acceptors (Lipinski definition) is 5. The summed E-state index contributed by atoms with van der Waals surface area (Å²) in [5.41, 5.74) is 8.11. The number of benzene rings is 2. The molecule has 3 heterocycles. The van der Waals surface area contributed by atoms with Crippen LogP contribution in [0.15, 0.2) is 54.0 Å². The number of aromatic nitrogens is 5. The molecule has 0 aliphatic carbocycles. The summed E-state index contributed by atoms with van der Waals surface area (Å²) in [5, 5.41) is 8.37. The van der Waals surface area contributed by atoms with Crippen molar-refractivity contribution in [2.75, 3.05) is 0 Å². The molecule has 0 saturated heterocycles. The maximum atomic E-state index is 7.59. The average Bonchev–Trinajstić information content (AvgIpc) is 3.40. The minimum Gasteiger partial charge on any atom is -0.396 e.